The Bertz CT molecular complexity index is 112. The first kappa shape index (κ1) is 8.77. The number of ether oxygens (including phenoxy) is 1. The molecule has 0 aromatic rings. The molecule has 1 unspecified atom stereocenters. The van der Waals surface area contributed by atoms with Gasteiger partial charge in [-0.15, -0.1) is 0 Å². The van der Waals surface area contributed by atoms with Crippen molar-refractivity contribution in [2.45, 2.75) is 19.2 Å². The minimum Gasteiger partial charge on any atom is -0.470 e. The van der Waals surface area contributed by atoms with E-state index < -0.39 is 0 Å². The third-order valence-corrected chi connectivity index (χ3v) is 2.29. The Balaban J connectivity index is 3.71. The predicted octanol–water partition coefficient (Wildman–Crippen LogP) is 1.48. The van der Waals surface area contributed by atoms with Gasteiger partial charge in [-0.1, -0.05) is 8.58 Å². The van der Waals surface area contributed by atoms with Crippen molar-refractivity contribution in [3.63, 3.8) is 0 Å². The molecule has 2 N–H and O–H groups in total. The van der Waals surface area contributed by atoms with E-state index in [4.69, 9.17) is 10.5 Å². The highest BCUT2D eigenvalue weighted by molar-refractivity contribution is 7.38. The van der Waals surface area contributed by atoms with E-state index >= 15 is 0 Å². The molecule has 54 valence electrons. The van der Waals surface area contributed by atoms with Crippen LogP contribution in [-0.2, 0) is 4.74 Å². The topological polar surface area (TPSA) is 35.2 Å². The van der Waals surface area contributed by atoms with E-state index in [1.807, 2.05) is 13.8 Å². The lowest BCUT2D eigenvalue weighted by molar-refractivity contribution is 0.113. The number of hydrogen-bond acceptors (Lipinski definition) is 2. The normalized spacial score (nSPS) is 12.3. The summed E-state index contributed by atoms with van der Waals surface area (Å²) in [5.74, 6) is 0.300. The molecule has 0 rings (SSSR count). The molecular weight excluding hydrogens is 133 g/mol. The highest BCUT2D eigenvalue weighted by Crippen LogP contribution is 2.29. The van der Waals surface area contributed by atoms with Gasteiger partial charge in [-0.05, 0) is 27.1 Å². The molecular formula is C6H14NOP. The number of nitrogens with two attached hydrogens (primary N) is 1. The van der Waals surface area contributed by atoms with Gasteiger partial charge >= 0.3 is 0 Å². The first-order valence-electron chi connectivity index (χ1n) is 2.80. The van der Waals surface area contributed by atoms with Crippen molar-refractivity contribution >= 4 is 8.58 Å². The molecule has 0 aromatic carbocycles. The van der Waals surface area contributed by atoms with Crippen LogP contribution in [0.3, 0.4) is 0 Å². The number of hydrogen-bond donors (Lipinski definition) is 1. The van der Waals surface area contributed by atoms with Gasteiger partial charge in [-0.3, -0.25) is 0 Å². The first-order valence-corrected chi connectivity index (χ1v) is 4.30. The van der Waals surface area contributed by atoms with E-state index in [9.17, 15) is 0 Å². The second-order valence-corrected chi connectivity index (χ2v) is 4.03. The van der Waals surface area contributed by atoms with Crippen LogP contribution in [0.25, 0.3) is 0 Å². The molecule has 1 atom stereocenters. The summed E-state index contributed by atoms with van der Waals surface area (Å²) >= 11 is 0. The van der Waals surface area contributed by atoms with Gasteiger partial charge < -0.3 is 10.5 Å². The molecule has 0 aromatic heterocycles. The maximum Gasteiger partial charge on any atom is 0.177 e. The van der Waals surface area contributed by atoms with Crippen LogP contribution in [-0.4, -0.2) is 12.0 Å². The molecule has 3 heteroatoms. The second-order valence-electron chi connectivity index (χ2n) is 2.33. The van der Waals surface area contributed by atoms with Crippen LogP contribution >= 0.6 is 8.58 Å². The van der Waals surface area contributed by atoms with Crippen molar-refractivity contribution in [3.8, 4) is 0 Å². The molecule has 2 nitrogen and oxygen atoms in total. The molecule has 0 aliphatic rings. The van der Waals surface area contributed by atoms with Gasteiger partial charge in [0.1, 0.15) is 5.34 Å². The molecule has 0 saturated carbocycles. The van der Waals surface area contributed by atoms with Gasteiger partial charge in [0.05, 0.1) is 0 Å². The van der Waals surface area contributed by atoms with Crippen LogP contribution < -0.4 is 5.73 Å². The van der Waals surface area contributed by atoms with E-state index in [0.29, 0.717) is 14.5 Å². The average molecular weight is 147 g/mol. The lowest BCUT2D eigenvalue weighted by Gasteiger charge is -2.23. The van der Waals surface area contributed by atoms with E-state index in [1.54, 1.807) is 0 Å². The van der Waals surface area contributed by atoms with Crippen molar-refractivity contribution in [2.24, 2.45) is 5.73 Å². The Morgan fingerprint density at radius 3 is 2.22 bits per heavy atom. The lowest BCUT2D eigenvalue weighted by atomic mass is 10.5. The van der Waals surface area contributed by atoms with Crippen LogP contribution in [0.2, 0.25) is 0 Å². The summed E-state index contributed by atoms with van der Waals surface area (Å²) < 4.78 is 5.18. The summed E-state index contributed by atoms with van der Waals surface area (Å²) in [6.45, 7) is 9.50. The summed E-state index contributed by atoms with van der Waals surface area (Å²) in [5.41, 5.74) is 5.24. The molecule has 0 aliphatic carbocycles. The molecule has 0 fully saturated rings. The molecule has 0 radical (unpaired) electrons. The molecule has 9 heavy (non-hydrogen) atoms. The van der Waals surface area contributed by atoms with Gasteiger partial charge in [-0.2, -0.15) is 0 Å². The minimum absolute atomic E-state index is 0.133. The van der Waals surface area contributed by atoms with E-state index in [1.165, 1.54) is 0 Å². The predicted molar refractivity (Wildman–Crippen MR) is 42.7 cm³/mol. The van der Waals surface area contributed by atoms with E-state index in [0.717, 1.165) is 0 Å². The standard InChI is InChI=1S/C6H14NOP/c1-5(7)8-6(2,3)9-4/h9H,1,7H2,2-4H3. The van der Waals surface area contributed by atoms with Crippen molar-refractivity contribution < 1.29 is 4.74 Å². The zero-order valence-corrected chi connectivity index (χ0v) is 7.19. The zero-order chi connectivity index (χ0) is 7.49. The van der Waals surface area contributed by atoms with Crippen molar-refractivity contribution in [1.29, 1.82) is 0 Å². The van der Waals surface area contributed by atoms with Gasteiger partial charge in [-0.25, -0.2) is 0 Å². The average Bonchev–Trinajstić information content (AvgIpc) is 1.63. The smallest absolute Gasteiger partial charge is 0.177 e. The Morgan fingerprint density at radius 2 is 2.11 bits per heavy atom. The highest BCUT2D eigenvalue weighted by Gasteiger charge is 2.15. The summed E-state index contributed by atoms with van der Waals surface area (Å²) in [7, 11) is 0.714. The summed E-state index contributed by atoms with van der Waals surface area (Å²) in [4.78, 5) is 0. The third kappa shape index (κ3) is 4.28. The quantitative estimate of drug-likeness (QED) is 0.484. The molecule has 0 spiro atoms. The van der Waals surface area contributed by atoms with Crippen molar-refractivity contribution in [1.82, 2.24) is 0 Å². The molecule has 0 aliphatic heterocycles. The Labute approximate surface area is 58.2 Å². The van der Waals surface area contributed by atoms with Crippen molar-refractivity contribution in [3.05, 3.63) is 12.5 Å². The third-order valence-electron chi connectivity index (χ3n) is 0.988. The van der Waals surface area contributed by atoms with Crippen LogP contribution in [0.5, 0.6) is 0 Å². The summed E-state index contributed by atoms with van der Waals surface area (Å²) in [6, 6.07) is 0. The fraction of sp³-hybridized carbons (Fsp3) is 0.667. The monoisotopic (exact) mass is 147 g/mol. The summed E-state index contributed by atoms with van der Waals surface area (Å²) in [6.07, 6.45) is 0. The fourth-order valence-corrected chi connectivity index (χ4v) is 0.612. The maximum atomic E-state index is 5.24. The maximum absolute atomic E-state index is 5.24. The minimum atomic E-state index is -0.133. The molecule has 0 saturated heterocycles. The molecule has 0 bridgehead atoms. The van der Waals surface area contributed by atoms with Crippen LogP contribution in [0, 0.1) is 0 Å². The zero-order valence-electron chi connectivity index (χ0n) is 6.19. The van der Waals surface area contributed by atoms with E-state index in [-0.39, 0.29) is 5.34 Å². The largest absolute Gasteiger partial charge is 0.470 e. The van der Waals surface area contributed by atoms with Gasteiger partial charge in [0, 0.05) is 0 Å². The molecule has 0 amide bonds. The van der Waals surface area contributed by atoms with E-state index in [2.05, 4.69) is 13.2 Å². The Morgan fingerprint density at radius 1 is 1.67 bits per heavy atom. The van der Waals surface area contributed by atoms with Crippen LogP contribution in [0.4, 0.5) is 0 Å². The number of rotatable bonds is 3. The second kappa shape index (κ2) is 3.07. The van der Waals surface area contributed by atoms with Gasteiger partial charge in [0.2, 0.25) is 0 Å². The first-order chi connectivity index (χ1) is 3.98. The van der Waals surface area contributed by atoms with Crippen LogP contribution in [0.15, 0.2) is 12.5 Å². The lowest BCUT2D eigenvalue weighted by Crippen LogP contribution is -2.19. The fourth-order valence-electron chi connectivity index (χ4n) is 0.379. The van der Waals surface area contributed by atoms with Crippen LogP contribution in [0.1, 0.15) is 13.8 Å². The molecule has 0 heterocycles. The van der Waals surface area contributed by atoms with Crippen molar-refractivity contribution in [2.75, 3.05) is 6.66 Å². The highest BCUT2D eigenvalue weighted by atomic mass is 31.1. The summed E-state index contributed by atoms with van der Waals surface area (Å²) in [5, 5.41) is -0.133. The Kier molecular flexibility index (Phi) is 2.99. The van der Waals surface area contributed by atoms with Gasteiger partial charge in [0.15, 0.2) is 5.88 Å². The van der Waals surface area contributed by atoms with Gasteiger partial charge in [0.25, 0.3) is 0 Å². The SMILES string of the molecule is C=C(N)OC(C)(C)PC. The Hall–Kier alpha value is -0.230.